The molecule has 0 heterocycles. The average Bonchev–Trinajstić information content (AvgIpc) is 0.783. The van der Waals surface area contributed by atoms with Crippen LogP contribution in [0.15, 0.2) is 200 Å². The van der Waals surface area contributed by atoms with Crippen LogP contribution in [0.1, 0.15) is 256 Å². The summed E-state index contributed by atoms with van der Waals surface area (Å²) in [6, 6.07) is 61.5. The van der Waals surface area contributed by atoms with Crippen LogP contribution in [0.3, 0.4) is 0 Å². The third-order valence-corrected chi connectivity index (χ3v) is 20.9. The van der Waals surface area contributed by atoms with Gasteiger partial charge in [-0.05, 0) is 183 Å². The summed E-state index contributed by atoms with van der Waals surface area (Å²) in [6.07, 6.45) is 2.29. The number of benzene rings is 10. The zero-order valence-corrected chi connectivity index (χ0v) is 58.0. The fourth-order valence-corrected chi connectivity index (χ4v) is 14.7. The molecule has 0 spiro atoms. The van der Waals surface area contributed by atoms with E-state index in [0.29, 0.717) is 27.8 Å². The SMILES string of the molecule is CC(c1cc(C(C)c2ccc(O)cc2)c(O)c(C(C)c2ccc(O)cc2)c1)c1cc(C(CC(CC(c2ccc(O)c(C(C)c3cc(C(C)c4ccc(O)cc4)c(O)c(C(C)c4ccc(O)c(C(C)c5ccc(O)cc5)c4)c3)c2)C(C)C)c2ccc(O)cc2)CC(C)(C)C)ccc1O. The molecule has 10 unspecified atom stereocenters. The summed E-state index contributed by atoms with van der Waals surface area (Å²) < 4.78 is 0. The molecular weight excluding hydrogens is 1200 g/mol. The Labute approximate surface area is 573 Å². The van der Waals surface area contributed by atoms with Crippen LogP contribution in [0.5, 0.6) is 57.5 Å². The van der Waals surface area contributed by atoms with E-state index in [1.165, 1.54) is 0 Å². The van der Waals surface area contributed by atoms with Crippen molar-refractivity contribution in [1.82, 2.24) is 0 Å². The summed E-state index contributed by atoms with van der Waals surface area (Å²) in [6.45, 7) is 25.7. The first-order valence-corrected chi connectivity index (χ1v) is 34.2. The summed E-state index contributed by atoms with van der Waals surface area (Å²) in [5.74, 6) is -0.419. The Bertz CT molecular complexity index is 4260. The van der Waals surface area contributed by atoms with Crippen molar-refractivity contribution < 1.29 is 51.1 Å². The van der Waals surface area contributed by atoms with Crippen LogP contribution in [-0.4, -0.2) is 51.1 Å². The molecule has 0 aliphatic carbocycles. The predicted octanol–water partition coefficient (Wildman–Crippen LogP) is 21.3. The molecule has 0 amide bonds. The van der Waals surface area contributed by atoms with Gasteiger partial charge in [-0.15, -0.1) is 0 Å². The van der Waals surface area contributed by atoms with E-state index in [4.69, 9.17) is 0 Å². The molecule has 10 atom stereocenters. The molecule has 0 aliphatic rings. The fourth-order valence-electron chi connectivity index (χ4n) is 14.7. The van der Waals surface area contributed by atoms with Crippen molar-refractivity contribution in [1.29, 1.82) is 0 Å². The molecule has 0 radical (unpaired) electrons. The van der Waals surface area contributed by atoms with Gasteiger partial charge in [0.25, 0.3) is 0 Å². The molecule has 10 N–H and O–H groups in total. The van der Waals surface area contributed by atoms with E-state index < -0.39 is 0 Å². The Morgan fingerprint density at radius 3 is 0.825 bits per heavy atom. The minimum Gasteiger partial charge on any atom is -0.508 e. The summed E-state index contributed by atoms with van der Waals surface area (Å²) in [4.78, 5) is 0. The van der Waals surface area contributed by atoms with Crippen LogP contribution < -0.4 is 0 Å². The van der Waals surface area contributed by atoms with Crippen LogP contribution in [0.4, 0.5) is 0 Å². The van der Waals surface area contributed by atoms with Gasteiger partial charge in [0.1, 0.15) is 57.5 Å². The molecule has 0 saturated heterocycles. The summed E-state index contributed by atoms with van der Waals surface area (Å²) in [7, 11) is 0. The highest BCUT2D eigenvalue weighted by molar-refractivity contribution is 5.59. The Hall–Kier alpha value is -9.80. The van der Waals surface area contributed by atoms with Gasteiger partial charge in [0.15, 0.2) is 0 Å². The molecule has 10 heteroatoms. The highest BCUT2D eigenvalue weighted by Crippen LogP contribution is 2.50. The van der Waals surface area contributed by atoms with Crippen molar-refractivity contribution in [3.8, 4) is 57.5 Å². The number of rotatable bonds is 23. The van der Waals surface area contributed by atoms with E-state index >= 15 is 0 Å². The Morgan fingerprint density at radius 1 is 0.247 bits per heavy atom. The molecule has 10 nitrogen and oxygen atoms in total. The van der Waals surface area contributed by atoms with E-state index in [9.17, 15) is 51.1 Å². The van der Waals surface area contributed by atoms with Crippen LogP contribution in [-0.2, 0) is 0 Å². The third-order valence-electron chi connectivity index (χ3n) is 20.9. The largest absolute Gasteiger partial charge is 0.508 e. The van der Waals surface area contributed by atoms with Gasteiger partial charge in [0, 0.05) is 80.4 Å². The second-order valence-corrected chi connectivity index (χ2v) is 29.0. The highest BCUT2D eigenvalue weighted by atomic mass is 16.3. The standard InChI is InChI=1S/C87H96O10/c1-49(2)74(64-25-38-84(95)77(42-64)56(9)66-45-80(53(6)60-19-32-72(91)33-20-60)86(97)81(46-66)54(7)62-23-36-82(93)75(40-62)50(3)57-13-26-69(88)27-14-57)47-67(61-21-34-73(92)35-22-61)39-68(48-87(10,11)12)63-24-37-83(94)76(41-63)55(8)65-43-78(51(4)58-15-28-70(89)29-16-58)85(96)79(44-65)52(5)59-17-30-71(90)31-18-59/h13-38,40-46,49-56,67-68,74,88-97H,39,47-48H2,1-12H3. The lowest BCUT2D eigenvalue weighted by molar-refractivity contribution is 0.309. The number of phenols is 10. The second-order valence-electron chi connectivity index (χ2n) is 29.0. The minimum absolute atomic E-state index is 0.00335. The molecule has 0 aliphatic heterocycles. The number of aromatic hydroxyl groups is 10. The topological polar surface area (TPSA) is 202 Å². The highest BCUT2D eigenvalue weighted by Gasteiger charge is 2.33. The summed E-state index contributed by atoms with van der Waals surface area (Å²) >= 11 is 0. The van der Waals surface area contributed by atoms with Crippen molar-refractivity contribution in [2.45, 2.75) is 162 Å². The first-order valence-electron chi connectivity index (χ1n) is 34.2. The lowest BCUT2D eigenvalue weighted by Gasteiger charge is -2.33. The Morgan fingerprint density at radius 2 is 0.495 bits per heavy atom. The zero-order valence-electron chi connectivity index (χ0n) is 58.0. The second kappa shape index (κ2) is 29.3. The Balaban J connectivity index is 1.01. The van der Waals surface area contributed by atoms with Crippen molar-refractivity contribution in [3.05, 3.63) is 295 Å². The summed E-state index contributed by atoms with van der Waals surface area (Å²) in [5.41, 5.74) is 14.5. The van der Waals surface area contributed by atoms with E-state index in [-0.39, 0.29) is 128 Å². The molecular formula is C87H96O10. The molecule has 10 aromatic carbocycles. The molecule has 10 rings (SSSR count). The van der Waals surface area contributed by atoms with Crippen LogP contribution in [0.2, 0.25) is 0 Å². The third kappa shape index (κ3) is 15.9. The lowest BCUT2D eigenvalue weighted by Crippen LogP contribution is -2.18. The smallest absolute Gasteiger partial charge is 0.123 e. The number of phenolic OH excluding ortho intramolecular Hbond substituents is 10. The van der Waals surface area contributed by atoms with Gasteiger partial charge in [-0.2, -0.15) is 0 Å². The molecule has 97 heavy (non-hydrogen) atoms. The van der Waals surface area contributed by atoms with Crippen LogP contribution in [0, 0.1) is 11.3 Å². The van der Waals surface area contributed by atoms with Gasteiger partial charge >= 0.3 is 0 Å². The first-order chi connectivity index (χ1) is 46.0. The average molecular weight is 1300 g/mol. The normalized spacial score (nSPS) is 15.0. The van der Waals surface area contributed by atoms with Gasteiger partial charge in [0.2, 0.25) is 0 Å². The fraction of sp³-hybridized carbons (Fsp3) is 0.310. The quantitative estimate of drug-likeness (QED) is 0.0294. The maximum Gasteiger partial charge on any atom is 0.123 e. The molecule has 0 aromatic heterocycles. The molecule has 0 bridgehead atoms. The van der Waals surface area contributed by atoms with E-state index in [1.54, 1.807) is 66.7 Å². The van der Waals surface area contributed by atoms with E-state index in [0.717, 1.165) is 86.0 Å². The van der Waals surface area contributed by atoms with Crippen molar-refractivity contribution in [2.75, 3.05) is 0 Å². The van der Waals surface area contributed by atoms with Gasteiger partial charge in [-0.3, -0.25) is 0 Å². The maximum absolute atomic E-state index is 12.6. The molecule has 0 fully saturated rings. The van der Waals surface area contributed by atoms with Crippen LogP contribution >= 0.6 is 0 Å². The minimum atomic E-state index is -0.366. The van der Waals surface area contributed by atoms with Crippen molar-refractivity contribution in [3.63, 3.8) is 0 Å². The number of hydrogen-bond donors (Lipinski definition) is 10. The summed E-state index contributed by atoms with van der Waals surface area (Å²) in [5, 5.41) is 112. The van der Waals surface area contributed by atoms with Crippen LogP contribution in [0.25, 0.3) is 0 Å². The maximum atomic E-state index is 12.6. The van der Waals surface area contributed by atoms with E-state index in [1.807, 2.05) is 143 Å². The lowest BCUT2D eigenvalue weighted by atomic mass is 9.71. The van der Waals surface area contributed by atoms with Gasteiger partial charge in [-0.25, -0.2) is 0 Å². The monoisotopic (exact) mass is 1300 g/mol. The predicted molar refractivity (Wildman–Crippen MR) is 390 cm³/mol. The van der Waals surface area contributed by atoms with Crippen molar-refractivity contribution in [2.24, 2.45) is 11.3 Å². The van der Waals surface area contributed by atoms with Gasteiger partial charge in [-0.1, -0.05) is 204 Å². The molecule has 504 valence electrons. The first kappa shape index (κ1) is 70.0. The number of hydrogen-bond acceptors (Lipinski definition) is 10. The van der Waals surface area contributed by atoms with E-state index in [2.05, 4.69) is 73.6 Å². The van der Waals surface area contributed by atoms with Gasteiger partial charge in [0.05, 0.1) is 0 Å². The molecule has 10 aromatic rings. The van der Waals surface area contributed by atoms with Gasteiger partial charge < -0.3 is 51.1 Å². The van der Waals surface area contributed by atoms with Crippen molar-refractivity contribution >= 4 is 0 Å². The Kier molecular flexibility index (Phi) is 21.1. The zero-order chi connectivity index (χ0) is 69.9. The molecule has 0 saturated carbocycles.